The molecule has 0 unspecified atom stereocenters. The fraction of sp³-hybridized carbons (Fsp3) is 0.308. The molecule has 0 aliphatic heterocycles. The maximum absolute atomic E-state index is 5.54. The van der Waals surface area contributed by atoms with E-state index in [0.717, 1.165) is 11.3 Å². The predicted octanol–water partition coefficient (Wildman–Crippen LogP) is 2.25. The van der Waals surface area contributed by atoms with Crippen LogP contribution in [0.4, 0.5) is 5.95 Å². The van der Waals surface area contributed by atoms with Gasteiger partial charge in [-0.05, 0) is 23.6 Å². The van der Waals surface area contributed by atoms with Crippen LogP contribution in [0.15, 0.2) is 24.4 Å². The van der Waals surface area contributed by atoms with Crippen molar-refractivity contribution in [3.05, 3.63) is 30.0 Å². The molecule has 0 aliphatic rings. The van der Waals surface area contributed by atoms with Crippen LogP contribution in [0.1, 0.15) is 25.3 Å². The summed E-state index contributed by atoms with van der Waals surface area (Å²) in [7, 11) is 1.64. The van der Waals surface area contributed by atoms with Crippen molar-refractivity contribution in [3.8, 4) is 17.0 Å². The summed E-state index contributed by atoms with van der Waals surface area (Å²) in [6.45, 7) is 4.28. The van der Waals surface area contributed by atoms with Crippen LogP contribution in [0.25, 0.3) is 11.3 Å². The lowest BCUT2D eigenvalue weighted by Crippen LogP contribution is -1.99. The van der Waals surface area contributed by atoms with Gasteiger partial charge in [-0.1, -0.05) is 19.9 Å². The van der Waals surface area contributed by atoms with E-state index in [1.54, 1.807) is 13.3 Å². The van der Waals surface area contributed by atoms with Crippen LogP contribution >= 0.6 is 0 Å². The molecule has 0 fully saturated rings. The van der Waals surface area contributed by atoms with E-state index in [4.69, 9.17) is 10.5 Å². The molecule has 5 heteroatoms. The number of nitrogens with zero attached hydrogens (tertiary/aromatic N) is 3. The molecule has 2 N–H and O–H groups in total. The third-order valence-electron chi connectivity index (χ3n) is 2.74. The van der Waals surface area contributed by atoms with Crippen molar-refractivity contribution in [2.24, 2.45) is 0 Å². The Bertz CT molecular complexity index is 554. The summed E-state index contributed by atoms with van der Waals surface area (Å²) in [4.78, 5) is 4.15. The lowest BCUT2D eigenvalue weighted by molar-refractivity contribution is 0.415. The lowest BCUT2D eigenvalue weighted by atomic mass is 10.00. The van der Waals surface area contributed by atoms with Crippen LogP contribution in [0, 0.1) is 0 Å². The van der Waals surface area contributed by atoms with Crippen LogP contribution in [0.5, 0.6) is 5.75 Å². The molecule has 0 spiro atoms. The largest absolute Gasteiger partial charge is 0.496 e. The molecule has 0 atom stereocenters. The molecule has 1 heterocycles. The number of nitrogens with two attached hydrogens (primary N) is 1. The van der Waals surface area contributed by atoms with Crippen LogP contribution in [-0.2, 0) is 0 Å². The summed E-state index contributed by atoms with van der Waals surface area (Å²) in [5.41, 5.74) is 8.28. The number of benzene rings is 1. The SMILES string of the molecule is COc1cc(C(C)C)ccc1-c1cnnc(N)n1. The van der Waals surface area contributed by atoms with E-state index in [-0.39, 0.29) is 5.95 Å². The fourth-order valence-electron chi connectivity index (χ4n) is 1.73. The highest BCUT2D eigenvalue weighted by Gasteiger charge is 2.10. The first-order valence-corrected chi connectivity index (χ1v) is 5.75. The van der Waals surface area contributed by atoms with E-state index in [9.17, 15) is 0 Å². The first kappa shape index (κ1) is 12.3. The first-order chi connectivity index (χ1) is 8.61. The number of hydrogen-bond donors (Lipinski definition) is 1. The quantitative estimate of drug-likeness (QED) is 0.896. The first-order valence-electron chi connectivity index (χ1n) is 5.75. The second-order valence-electron chi connectivity index (χ2n) is 4.31. The number of ether oxygens (including phenoxy) is 1. The molecule has 5 nitrogen and oxygen atoms in total. The summed E-state index contributed by atoms with van der Waals surface area (Å²) >= 11 is 0. The predicted molar refractivity (Wildman–Crippen MR) is 70.3 cm³/mol. The van der Waals surface area contributed by atoms with Gasteiger partial charge < -0.3 is 10.5 Å². The minimum atomic E-state index is 0.155. The van der Waals surface area contributed by atoms with Crippen LogP contribution in [0.2, 0.25) is 0 Å². The Morgan fingerprint density at radius 2 is 2.06 bits per heavy atom. The van der Waals surface area contributed by atoms with E-state index in [0.29, 0.717) is 11.6 Å². The summed E-state index contributed by atoms with van der Waals surface area (Å²) in [6.07, 6.45) is 1.57. The topological polar surface area (TPSA) is 73.9 Å². The maximum atomic E-state index is 5.54. The second-order valence-corrected chi connectivity index (χ2v) is 4.31. The van der Waals surface area contributed by atoms with Gasteiger partial charge in [0.1, 0.15) is 5.75 Å². The zero-order chi connectivity index (χ0) is 13.1. The van der Waals surface area contributed by atoms with Gasteiger partial charge in [-0.3, -0.25) is 0 Å². The van der Waals surface area contributed by atoms with Gasteiger partial charge in [-0.2, -0.15) is 5.10 Å². The van der Waals surface area contributed by atoms with Gasteiger partial charge in [0, 0.05) is 5.56 Å². The van der Waals surface area contributed by atoms with Crippen molar-refractivity contribution >= 4 is 5.95 Å². The van der Waals surface area contributed by atoms with E-state index in [1.807, 2.05) is 12.1 Å². The molecule has 2 aromatic rings. The smallest absolute Gasteiger partial charge is 0.240 e. The Morgan fingerprint density at radius 3 is 2.67 bits per heavy atom. The summed E-state index contributed by atoms with van der Waals surface area (Å²) in [5, 5.41) is 7.44. The van der Waals surface area contributed by atoms with Crippen LogP contribution < -0.4 is 10.5 Å². The molecule has 0 aliphatic carbocycles. The zero-order valence-corrected chi connectivity index (χ0v) is 10.7. The van der Waals surface area contributed by atoms with Gasteiger partial charge in [-0.15, -0.1) is 5.10 Å². The Morgan fingerprint density at radius 1 is 1.28 bits per heavy atom. The van der Waals surface area contributed by atoms with Crippen molar-refractivity contribution < 1.29 is 4.74 Å². The Kier molecular flexibility index (Phi) is 3.41. The van der Waals surface area contributed by atoms with Crippen molar-refractivity contribution in [3.63, 3.8) is 0 Å². The molecule has 0 saturated carbocycles. The molecule has 0 bridgehead atoms. The molecule has 0 saturated heterocycles. The van der Waals surface area contributed by atoms with Crippen molar-refractivity contribution in [2.75, 3.05) is 12.8 Å². The van der Waals surface area contributed by atoms with Crippen LogP contribution in [0.3, 0.4) is 0 Å². The highest BCUT2D eigenvalue weighted by Crippen LogP contribution is 2.31. The maximum Gasteiger partial charge on any atom is 0.240 e. The Hall–Kier alpha value is -2.17. The molecule has 2 rings (SSSR count). The van der Waals surface area contributed by atoms with Crippen molar-refractivity contribution in [1.29, 1.82) is 0 Å². The van der Waals surface area contributed by atoms with Gasteiger partial charge in [0.15, 0.2) is 0 Å². The summed E-state index contributed by atoms with van der Waals surface area (Å²) in [6, 6.07) is 6.04. The van der Waals surface area contributed by atoms with Gasteiger partial charge in [-0.25, -0.2) is 4.98 Å². The number of anilines is 1. The van der Waals surface area contributed by atoms with E-state index in [1.165, 1.54) is 5.56 Å². The Labute approximate surface area is 106 Å². The van der Waals surface area contributed by atoms with Crippen LogP contribution in [-0.4, -0.2) is 22.3 Å². The zero-order valence-electron chi connectivity index (χ0n) is 10.7. The van der Waals surface area contributed by atoms with E-state index >= 15 is 0 Å². The third-order valence-corrected chi connectivity index (χ3v) is 2.74. The van der Waals surface area contributed by atoms with Crippen molar-refractivity contribution in [2.45, 2.75) is 19.8 Å². The average molecular weight is 244 g/mol. The second kappa shape index (κ2) is 5.00. The fourth-order valence-corrected chi connectivity index (χ4v) is 1.73. The number of nitrogen functional groups attached to an aromatic ring is 1. The normalized spacial score (nSPS) is 10.7. The molecule has 1 aromatic carbocycles. The average Bonchev–Trinajstić information content (AvgIpc) is 2.37. The van der Waals surface area contributed by atoms with Gasteiger partial charge >= 0.3 is 0 Å². The number of rotatable bonds is 3. The van der Waals surface area contributed by atoms with Gasteiger partial charge in [0.05, 0.1) is 19.0 Å². The molecule has 0 radical (unpaired) electrons. The minimum Gasteiger partial charge on any atom is -0.496 e. The van der Waals surface area contributed by atoms with Gasteiger partial charge in [0.2, 0.25) is 5.95 Å². The number of hydrogen-bond acceptors (Lipinski definition) is 5. The number of methoxy groups -OCH3 is 1. The van der Waals surface area contributed by atoms with Gasteiger partial charge in [0.25, 0.3) is 0 Å². The van der Waals surface area contributed by atoms with E-state index in [2.05, 4.69) is 35.1 Å². The van der Waals surface area contributed by atoms with E-state index < -0.39 is 0 Å². The monoisotopic (exact) mass is 244 g/mol. The lowest BCUT2D eigenvalue weighted by Gasteiger charge is -2.12. The standard InChI is InChI=1S/C13H16N4O/c1-8(2)9-4-5-10(12(6-9)18-3)11-7-15-17-13(14)16-11/h4-8H,1-3H3,(H2,14,16,17). The summed E-state index contributed by atoms with van der Waals surface area (Å²) in [5.74, 6) is 1.37. The molecule has 94 valence electrons. The highest BCUT2D eigenvalue weighted by atomic mass is 16.5. The Balaban J connectivity index is 2.51. The molecule has 0 amide bonds. The molecule has 18 heavy (non-hydrogen) atoms. The highest BCUT2D eigenvalue weighted by molar-refractivity contribution is 5.67. The molecular weight excluding hydrogens is 228 g/mol. The summed E-state index contributed by atoms with van der Waals surface area (Å²) < 4.78 is 5.40. The third kappa shape index (κ3) is 2.40. The molecular formula is C13H16N4O. The minimum absolute atomic E-state index is 0.155. The number of aromatic nitrogens is 3. The molecule has 1 aromatic heterocycles. The van der Waals surface area contributed by atoms with Crippen molar-refractivity contribution in [1.82, 2.24) is 15.2 Å².